The Kier molecular flexibility index (Phi) is 3.38. The van der Waals surface area contributed by atoms with Gasteiger partial charge in [-0.2, -0.15) is 5.10 Å². The van der Waals surface area contributed by atoms with Gasteiger partial charge in [0.15, 0.2) is 0 Å². The van der Waals surface area contributed by atoms with Crippen molar-refractivity contribution in [1.29, 1.82) is 0 Å². The van der Waals surface area contributed by atoms with Gasteiger partial charge in [0.1, 0.15) is 0 Å². The number of hydrogen-bond donors (Lipinski definition) is 1. The van der Waals surface area contributed by atoms with E-state index in [0.29, 0.717) is 6.54 Å². The van der Waals surface area contributed by atoms with Crippen LogP contribution >= 0.6 is 0 Å². The van der Waals surface area contributed by atoms with Crippen LogP contribution in [0.4, 0.5) is 0 Å². The molecule has 1 aliphatic rings. The molecule has 4 heteroatoms. The maximum Gasteiger partial charge on any atom is 0.0534 e. The Hall–Kier alpha value is -0.870. The zero-order chi connectivity index (χ0) is 10.7. The average molecular weight is 208 g/mol. The van der Waals surface area contributed by atoms with Crippen molar-refractivity contribution in [3.63, 3.8) is 0 Å². The van der Waals surface area contributed by atoms with Crippen LogP contribution in [-0.2, 0) is 13.1 Å². The van der Waals surface area contributed by atoms with Gasteiger partial charge in [0.2, 0.25) is 0 Å². The molecule has 0 unspecified atom stereocenters. The summed E-state index contributed by atoms with van der Waals surface area (Å²) in [5, 5.41) is 4.32. The van der Waals surface area contributed by atoms with Crippen molar-refractivity contribution in [3.8, 4) is 0 Å². The van der Waals surface area contributed by atoms with Crippen LogP contribution in [0.1, 0.15) is 18.4 Å². The maximum absolute atomic E-state index is 5.55. The molecule has 84 valence electrons. The molecule has 0 radical (unpaired) electrons. The lowest BCUT2D eigenvalue weighted by Crippen LogP contribution is -2.31. The summed E-state index contributed by atoms with van der Waals surface area (Å²) in [5.74, 6) is 0.784. The van der Waals surface area contributed by atoms with Gasteiger partial charge in [0.25, 0.3) is 0 Å². The van der Waals surface area contributed by atoms with E-state index in [1.807, 2.05) is 10.9 Å². The molecule has 0 bridgehead atoms. The molecule has 0 aliphatic carbocycles. The van der Waals surface area contributed by atoms with Crippen LogP contribution in [0.2, 0.25) is 0 Å². The molecule has 0 atom stereocenters. The first-order valence-electron chi connectivity index (χ1n) is 5.68. The highest BCUT2D eigenvalue weighted by Gasteiger charge is 2.17. The summed E-state index contributed by atoms with van der Waals surface area (Å²) in [6, 6.07) is 0. The molecular formula is C11H20N4. The smallest absolute Gasteiger partial charge is 0.0534 e. The lowest BCUT2D eigenvalue weighted by atomic mass is 9.97. The Bertz CT molecular complexity index is 299. The first-order valence-corrected chi connectivity index (χ1v) is 5.68. The van der Waals surface area contributed by atoms with Gasteiger partial charge in [-0.25, -0.2) is 0 Å². The van der Waals surface area contributed by atoms with Gasteiger partial charge in [-0.15, -0.1) is 0 Å². The first kappa shape index (κ1) is 10.6. The highest BCUT2D eigenvalue weighted by molar-refractivity contribution is 5.02. The van der Waals surface area contributed by atoms with Crippen molar-refractivity contribution in [1.82, 2.24) is 14.7 Å². The predicted octanol–water partition coefficient (Wildman–Crippen LogP) is 0.684. The number of aromatic nitrogens is 2. The molecule has 1 saturated heterocycles. The number of likely N-dealkylation sites (tertiary alicyclic amines) is 1. The summed E-state index contributed by atoms with van der Waals surface area (Å²) >= 11 is 0. The third-order valence-corrected chi connectivity index (χ3v) is 3.21. The Balaban J connectivity index is 1.86. The second-order valence-corrected chi connectivity index (χ2v) is 4.52. The topological polar surface area (TPSA) is 47.1 Å². The largest absolute Gasteiger partial charge is 0.326 e. The van der Waals surface area contributed by atoms with Gasteiger partial charge in [0.05, 0.1) is 6.20 Å². The van der Waals surface area contributed by atoms with E-state index in [9.17, 15) is 0 Å². The minimum absolute atomic E-state index is 0.591. The summed E-state index contributed by atoms with van der Waals surface area (Å²) in [6.45, 7) is 4.08. The lowest BCUT2D eigenvalue weighted by molar-refractivity contribution is 0.201. The van der Waals surface area contributed by atoms with Gasteiger partial charge in [0, 0.05) is 24.8 Å². The predicted molar refractivity (Wildman–Crippen MR) is 60.3 cm³/mol. The van der Waals surface area contributed by atoms with Crippen molar-refractivity contribution < 1.29 is 0 Å². The summed E-state index contributed by atoms with van der Waals surface area (Å²) in [6.07, 6.45) is 6.51. The number of hydrogen-bond acceptors (Lipinski definition) is 3. The molecule has 4 nitrogen and oxygen atoms in total. The summed E-state index contributed by atoms with van der Waals surface area (Å²) in [7, 11) is 2.19. The van der Waals surface area contributed by atoms with Crippen molar-refractivity contribution >= 4 is 0 Å². The second kappa shape index (κ2) is 4.77. The van der Waals surface area contributed by atoms with Crippen LogP contribution in [0.5, 0.6) is 0 Å². The number of nitrogens with zero attached hydrogens (tertiary/aromatic N) is 3. The number of piperidine rings is 1. The monoisotopic (exact) mass is 208 g/mol. The van der Waals surface area contributed by atoms with E-state index in [1.165, 1.54) is 25.9 Å². The molecule has 0 aromatic carbocycles. The quantitative estimate of drug-likeness (QED) is 0.794. The molecule has 2 rings (SSSR count). The van der Waals surface area contributed by atoms with Crippen molar-refractivity contribution in [2.45, 2.75) is 25.9 Å². The van der Waals surface area contributed by atoms with Crippen molar-refractivity contribution in [2.24, 2.45) is 11.7 Å². The van der Waals surface area contributed by atoms with E-state index in [2.05, 4.69) is 23.2 Å². The highest BCUT2D eigenvalue weighted by Crippen LogP contribution is 2.17. The average Bonchev–Trinajstić information content (AvgIpc) is 2.69. The minimum Gasteiger partial charge on any atom is -0.326 e. The molecule has 1 aromatic rings. The van der Waals surface area contributed by atoms with E-state index in [0.717, 1.165) is 18.0 Å². The second-order valence-electron chi connectivity index (χ2n) is 4.52. The SMILES string of the molecule is CN1CCC(Cn2cc(CN)cn2)CC1. The maximum atomic E-state index is 5.55. The number of rotatable bonds is 3. The van der Waals surface area contributed by atoms with E-state index < -0.39 is 0 Å². The Morgan fingerprint density at radius 3 is 2.80 bits per heavy atom. The first-order chi connectivity index (χ1) is 7.28. The molecule has 1 aromatic heterocycles. The van der Waals surface area contributed by atoms with E-state index in [4.69, 9.17) is 5.73 Å². The molecule has 0 amide bonds. The third kappa shape index (κ3) is 2.79. The van der Waals surface area contributed by atoms with Crippen LogP contribution in [-0.4, -0.2) is 34.8 Å². The van der Waals surface area contributed by atoms with E-state index in [1.54, 1.807) is 0 Å². The van der Waals surface area contributed by atoms with Crippen LogP contribution in [0.25, 0.3) is 0 Å². The molecule has 2 N–H and O–H groups in total. The highest BCUT2D eigenvalue weighted by atomic mass is 15.3. The Labute approximate surface area is 91.1 Å². The zero-order valence-corrected chi connectivity index (χ0v) is 9.39. The molecular weight excluding hydrogens is 188 g/mol. The standard InChI is InChI=1S/C11H20N4/c1-14-4-2-10(3-5-14)8-15-9-11(6-12)7-13-15/h7,9-10H,2-6,8,12H2,1H3. The minimum atomic E-state index is 0.591. The molecule has 0 saturated carbocycles. The van der Waals surface area contributed by atoms with E-state index >= 15 is 0 Å². The lowest BCUT2D eigenvalue weighted by Gasteiger charge is -2.28. The molecule has 0 spiro atoms. The molecule has 1 aliphatic heterocycles. The zero-order valence-electron chi connectivity index (χ0n) is 9.39. The van der Waals surface area contributed by atoms with Crippen molar-refractivity contribution in [3.05, 3.63) is 18.0 Å². The Morgan fingerprint density at radius 2 is 2.20 bits per heavy atom. The van der Waals surface area contributed by atoms with Gasteiger partial charge in [-0.05, 0) is 38.9 Å². The summed E-state index contributed by atoms with van der Waals surface area (Å²) in [4.78, 5) is 2.39. The van der Waals surface area contributed by atoms with Crippen LogP contribution < -0.4 is 5.73 Å². The Morgan fingerprint density at radius 1 is 1.47 bits per heavy atom. The van der Waals surface area contributed by atoms with Gasteiger partial charge >= 0.3 is 0 Å². The third-order valence-electron chi connectivity index (χ3n) is 3.21. The van der Waals surface area contributed by atoms with Crippen molar-refractivity contribution in [2.75, 3.05) is 20.1 Å². The van der Waals surface area contributed by atoms with E-state index in [-0.39, 0.29) is 0 Å². The van der Waals surface area contributed by atoms with Crippen LogP contribution in [0.3, 0.4) is 0 Å². The van der Waals surface area contributed by atoms with Crippen LogP contribution in [0.15, 0.2) is 12.4 Å². The van der Waals surface area contributed by atoms with Gasteiger partial charge in [-0.1, -0.05) is 0 Å². The summed E-state index contributed by atoms with van der Waals surface area (Å²) < 4.78 is 2.04. The molecule has 2 heterocycles. The van der Waals surface area contributed by atoms with Crippen LogP contribution in [0, 0.1) is 5.92 Å². The van der Waals surface area contributed by atoms with Gasteiger partial charge < -0.3 is 10.6 Å². The van der Waals surface area contributed by atoms with Gasteiger partial charge in [-0.3, -0.25) is 4.68 Å². The molecule has 1 fully saturated rings. The fourth-order valence-electron chi connectivity index (χ4n) is 2.12. The summed E-state index contributed by atoms with van der Waals surface area (Å²) in [5.41, 5.74) is 6.68. The number of nitrogens with two attached hydrogens (primary N) is 1. The molecule has 15 heavy (non-hydrogen) atoms. The normalized spacial score (nSPS) is 19.6. The fourth-order valence-corrected chi connectivity index (χ4v) is 2.12. The fraction of sp³-hybridized carbons (Fsp3) is 0.727.